The molecule has 1 heterocycles. The molecule has 1 aromatic rings. The van der Waals surface area contributed by atoms with Crippen molar-refractivity contribution in [1.29, 1.82) is 0 Å². The molecule has 0 aliphatic carbocycles. The summed E-state index contributed by atoms with van der Waals surface area (Å²) in [5.74, 6) is 0.597. The van der Waals surface area contributed by atoms with E-state index in [1.165, 1.54) is 22.7 Å². The Morgan fingerprint density at radius 1 is 1.40 bits per heavy atom. The van der Waals surface area contributed by atoms with Crippen LogP contribution in [0.1, 0.15) is 42.3 Å². The fourth-order valence-corrected chi connectivity index (χ4v) is 2.70. The number of nitrogens with zero attached hydrogens (tertiary/aromatic N) is 1. The van der Waals surface area contributed by atoms with Crippen LogP contribution in [0.2, 0.25) is 0 Å². The van der Waals surface area contributed by atoms with Gasteiger partial charge in [0.05, 0.1) is 10.7 Å². The molecule has 0 aliphatic heterocycles. The normalized spacial score (nSPS) is 15.3. The van der Waals surface area contributed by atoms with Crippen molar-refractivity contribution in [2.24, 2.45) is 11.7 Å². The van der Waals surface area contributed by atoms with Crippen LogP contribution in [0, 0.1) is 19.8 Å². The first-order valence-corrected chi connectivity index (χ1v) is 6.54. The van der Waals surface area contributed by atoms with E-state index in [9.17, 15) is 0 Å². The first kappa shape index (κ1) is 12.7. The van der Waals surface area contributed by atoms with Crippen molar-refractivity contribution in [3.63, 3.8) is 0 Å². The lowest BCUT2D eigenvalue weighted by molar-refractivity contribution is 0.419. The molecule has 0 amide bonds. The summed E-state index contributed by atoms with van der Waals surface area (Å²) in [4.78, 5) is 5.85. The smallest absolute Gasteiger partial charge is 0.0946 e. The maximum absolute atomic E-state index is 6.16. The van der Waals surface area contributed by atoms with E-state index in [0.717, 1.165) is 12.1 Å². The SMILES string of the molecule is CCCC(C)C(N)Cc1nc(C)c(C)s1. The standard InChI is InChI=1S/C12H22N2S/c1-5-6-8(2)11(13)7-12-14-9(3)10(4)15-12/h8,11H,5-7,13H2,1-4H3. The number of thiazole rings is 1. The van der Waals surface area contributed by atoms with Gasteiger partial charge in [-0.1, -0.05) is 20.3 Å². The van der Waals surface area contributed by atoms with Gasteiger partial charge in [0.1, 0.15) is 0 Å². The van der Waals surface area contributed by atoms with Crippen molar-refractivity contribution in [2.75, 3.05) is 0 Å². The topological polar surface area (TPSA) is 38.9 Å². The highest BCUT2D eigenvalue weighted by Gasteiger charge is 2.14. The van der Waals surface area contributed by atoms with Crippen LogP contribution in [-0.2, 0) is 6.42 Å². The summed E-state index contributed by atoms with van der Waals surface area (Å²) in [6.07, 6.45) is 3.36. The zero-order valence-electron chi connectivity index (χ0n) is 10.2. The lowest BCUT2D eigenvalue weighted by atomic mass is 9.95. The molecule has 15 heavy (non-hydrogen) atoms. The fourth-order valence-electron chi connectivity index (χ4n) is 1.70. The molecule has 2 N–H and O–H groups in total. The fraction of sp³-hybridized carbons (Fsp3) is 0.750. The number of hydrogen-bond acceptors (Lipinski definition) is 3. The lowest BCUT2D eigenvalue weighted by Crippen LogP contribution is -2.30. The van der Waals surface area contributed by atoms with Gasteiger partial charge in [-0.2, -0.15) is 0 Å². The molecule has 0 bridgehead atoms. The van der Waals surface area contributed by atoms with Gasteiger partial charge in [0.15, 0.2) is 0 Å². The minimum Gasteiger partial charge on any atom is -0.327 e. The molecule has 0 fully saturated rings. The minimum atomic E-state index is 0.259. The zero-order chi connectivity index (χ0) is 11.4. The van der Waals surface area contributed by atoms with Crippen molar-refractivity contribution in [1.82, 2.24) is 4.98 Å². The van der Waals surface area contributed by atoms with Crippen LogP contribution in [0.3, 0.4) is 0 Å². The van der Waals surface area contributed by atoms with Crippen LogP contribution in [0.25, 0.3) is 0 Å². The van der Waals surface area contributed by atoms with Crippen LogP contribution in [0.15, 0.2) is 0 Å². The highest BCUT2D eigenvalue weighted by Crippen LogP contribution is 2.20. The second-order valence-electron chi connectivity index (χ2n) is 4.38. The molecular weight excluding hydrogens is 204 g/mol. The quantitative estimate of drug-likeness (QED) is 0.838. The van der Waals surface area contributed by atoms with E-state index in [1.807, 2.05) is 0 Å². The Morgan fingerprint density at radius 2 is 2.07 bits per heavy atom. The number of hydrogen-bond donors (Lipinski definition) is 1. The highest BCUT2D eigenvalue weighted by molar-refractivity contribution is 7.11. The second kappa shape index (κ2) is 5.61. The molecule has 0 saturated carbocycles. The summed E-state index contributed by atoms with van der Waals surface area (Å²) in [6, 6.07) is 0.259. The van der Waals surface area contributed by atoms with Crippen molar-refractivity contribution in [3.05, 3.63) is 15.6 Å². The Kier molecular flexibility index (Phi) is 4.74. The Hall–Kier alpha value is -0.410. The van der Waals surface area contributed by atoms with Gasteiger partial charge in [-0.25, -0.2) is 4.98 Å². The van der Waals surface area contributed by atoms with Crippen LogP contribution in [0.5, 0.6) is 0 Å². The van der Waals surface area contributed by atoms with Gasteiger partial charge in [0.2, 0.25) is 0 Å². The van der Waals surface area contributed by atoms with E-state index in [4.69, 9.17) is 5.73 Å². The third-order valence-electron chi connectivity index (χ3n) is 2.96. The van der Waals surface area contributed by atoms with Gasteiger partial charge in [-0.15, -0.1) is 11.3 Å². The predicted molar refractivity (Wildman–Crippen MR) is 67.3 cm³/mol. The maximum atomic E-state index is 6.16. The summed E-state index contributed by atoms with van der Waals surface area (Å²) < 4.78 is 0. The Balaban J connectivity index is 2.54. The van der Waals surface area contributed by atoms with Gasteiger partial charge in [0, 0.05) is 17.3 Å². The second-order valence-corrected chi connectivity index (χ2v) is 5.67. The first-order chi connectivity index (χ1) is 7.04. The molecule has 2 unspecified atom stereocenters. The third kappa shape index (κ3) is 3.58. The first-order valence-electron chi connectivity index (χ1n) is 5.73. The number of aryl methyl sites for hydroxylation is 2. The van der Waals surface area contributed by atoms with Crippen molar-refractivity contribution < 1.29 is 0 Å². The van der Waals surface area contributed by atoms with Crippen LogP contribution in [-0.4, -0.2) is 11.0 Å². The monoisotopic (exact) mass is 226 g/mol. The van der Waals surface area contributed by atoms with Crippen molar-refractivity contribution in [2.45, 2.75) is 53.0 Å². The van der Waals surface area contributed by atoms with Crippen LogP contribution >= 0.6 is 11.3 Å². The summed E-state index contributed by atoms with van der Waals surface area (Å²) in [5.41, 5.74) is 7.32. The summed E-state index contributed by atoms with van der Waals surface area (Å²) in [5, 5.41) is 1.19. The summed E-state index contributed by atoms with van der Waals surface area (Å²) >= 11 is 1.79. The molecule has 2 atom stereocenters. The van der Waals surface area contributed by atoms with Crippen molar-refractivity contribution >= 4 is 11.3 Å². The molecule has 0 saturated heterocycles. The summed E-state index contributed by atoms with van der Waals surface area (Å²) in [7, 11) is 0. The van der Waals surface area contributed by atoms with E-state index < -0.39 is 0 Å². The molecule has 0 radical (unpaired) electrons. The van der Waals surface area contributed by atoms with Crippen molar-refractivity contribution in [3.8, 4) is 0 Å². The lowest BCUT2D eigenvalue weighted by Gasteiger charge is -2.17. The molecule has 86 valence electrons. The molecule has 1 aromatic heterocycles. The largest absolute Gasteiger partial charge is 0.327 e. The van der Waals surface area contributed by atoms with Gasteiger partial charge >= 0.3 is 0 Å². The Morgan fingerprint density at radius 3 is 2.53 bits per heavy atom. The van der Waals surface area contributed by atoms with Gasteiger partial charge < -0.3 is 5.73 Å². The average Bonchev–Trinajstić information content (AvgIpc) is 2.46. The van der Waals surface area contributed by atoms with Gasteiger partial charge in [0.25, 0.3) is 0 Å². The van der Waals surface area contributed by atoms with E-state index in [1.54, 1.807) is 11.3 Å². The average molecular weight is 226 g/mol. The van der Waals surface area contributed by atoms with E-state index in [0.29, 0.717) is 5.92 Å². The zero-order valence-corrected chi connectivity index (χ0v) is 11.0. The van der Waals surface area contributed by atoms with Crippen LogP contribution < -0.4 is 5.73 Å². The van der Waals surface area contributed by atoms with E-state index in [-0.39, 0.29) is 6.04 Å². The summed E-state index contributed by atoms with van der Waals surface area (Å²) in [6.45, 7) is 8.64. The third-order valence-corrected chi connectivity index (χ3v) is 4.05. The minimum absolute atomic E-state index is 0.259. The molecule has 0 aromatic carbocycles. The molecule has 0 aliphatic rings. The predicted octanol–water partition coefficient (Wildman–Crippen LogP) is 3.07. The number of rotatable bonds is 5. The Bertz CT molecular complexity index is 287. The van der Waals surface area contributed by atoms with Gasteiger partial charge in [-0.05, 0) is 26.2 Å². The molecule has 0 spiro atoms. The van der Waals surface area contributed by atoms with E-state index in [2.05, 4.69) is 32.7 Å². The number of aromatic nitrogens is 1. The molecular formula is C12H22N2S. The molecule has 2 nitrogen and oxygen atoms in total. The maximum Gasteiger partial charge on any atom is 0.0946 e. The van der Waals surface area contributed by atoms with Gasteiger partial charge in [-0.3, -0.25) is 0 Å². The number of nitrogens with two attached hydrogens (primary N) is 1. The Labute approximate surface area is 96.9 Å². The van der Waals surface area contributed by atoms with Crippen LogP contribution in [0.4, 0.5) is 0 Å². The highest BCUT2D eigenvalue weighted by atomic mass is 32.1. The van der Waals surface area contributed by atoms with E-state index >= 15 is 0 Å². The molecule has 3 heteroatoms. The molecule has 1 rings (SSSR count).